The van der Waals surface area contributed by atoms with E-state index < -0.39 is 0 Å². The van der Waals surface area contributed by atoms with E-state index in [1.807, 2.05) is 42.5 Å². The van der Waals surface area contributed by atoms with Crippen molar-refractivity contribution in [3.05, 3.63) is 71.3 Å². The molecular weight excluding hydrogens is 314 g/mol. The molecule has 1 N–H and O–H groups in total. The second-order valence-corrected chi connectivity index (χ2v) is 5.23. The van der Waals surface area contributed by atoms with Crippen LogP contribution in [0.25, 0.3) is 0 Å². The number of amides is 1. The molecule has 0 spiro atoms. The van der Waals surface area contributed by atoms with Crippen molar-refractivity contribution in [3.8, 4) is 0 Å². The minimum atomic E-state index is 0.0781. The first-order chi connectivity index (χ1) is 9.79. The SMILES string of the molecule is O=C(Cc1ccccc1CBr)NCCc1ccccc1. The van der Waals surface area contributed by atoms with Crippen LogP contribution in [-0.2, 0) is 23.0 Å². The van der Waals surface area contributed by atoms with Crippen LogP contribution in [0.4, 0.5) is 0 Å². The third-order valence-corrected chi connectivity index (χ3v) is 3.80. The number of alkyl halides is 1. The summed E-state index contributed by atoms with van der Waals surface area (Å²) in [4.78, 5) is 11.9. The van der Waals surface area contributed by atoms with Gasteiger partial charge in [0.25, 0.3) is 0 Å². The van der Waals surface area contributed by atoms with Crippen molar-refractivity contribution in [2.24, 2.45) is 0 Å². The Kier molecular flexibility index (Phi) is 5.81. The molecule has 2 aromatic rings. The van der Waals surface area contributed by atoms with Crippen molar-refractivity contribution >= 4 is 21.8 Å². The topological polar surface area (TPSA) is 29.1 Å². The second-order valence-electron chi connectivity index (χ2n) is 4.66. The van der Waals surface area contributed by atoms with Gasteiger partial charge in [-0.25, -0.2) is 0 Å². The standard InChI is InChI=1S/C17H18BrNO/c18-13-16-9-5-4-8-15(16)12-17(20)19-11-10-14-6-2-1-3-7-14/h1-9H,10-13H2,(H,19,20). The lowest BCUT2D eigenvalue weighted by Crippen LogP contribution is -2.27. The smallest absolute Gasteiger partial charge is 0.224 e. The molecule has 2 rings (SSSR count). The number of hydrogen-bond acceptors (Lipinski definition) is 1. The van der Waals surface area contributed by atoms with E-state index in [0.29, 0.717) is 13.0 Å². The Labute approximate surface area is 128 Å². The normalized spacial score (nSPS) is 10.2. The molecule has 1 amide bonds. The molecule has 0 aliphatic heterocycles. The van der Waals surface area contributed by atoms with Crippen LogP contribution in [0.5, 0.6) is 0 Å². The molecule has 0 saturated carbocycles. The highest BCUT2D eigenvalue weighted by molar-refractivity contribution is 9.08. The quantitative estimate of drug-likeness (QED) is 0.806. The van der Waals surface area contributed by atoms with Gasteiger partial charge in [-0.3, -0.25) is 4.79 Å². The average Bonchev–Trinajstić information content (AvgIpc) is 2.49. The van der Waals surface area contributed by atoms with Crippen LogP contribution < -0.4 is 5.32 Å². The van der Waals surface area contributed by atoms with Gasteiger partial charge < -0.3 is 5.32 Å². The summed E-state index contributed by atoms with van der Waals surface area (Å²) in [6.07, 6.45) is 1.31. The Hall–Kier alpha value is -1.61. The molecule has 0 bridgehead atoms. The van der Waals surface area contributed by atoms with E-state index in [9.17, 15) is 4.79 Å². The molecule has 0 aliphatic rings. The van der Waals surface area contributed by atoms with Crippen molar-refractivity contribution in [2.45, 2.75) is 18.2 Å². The Balaban J connectivity index is 1.81. The lowest BCUT2D eigenvalue weighted by molar-refractivity contribution is -0.120. The van der Waals surface area contributed by atoms with Crippen LogP contribution in [0.2, 0.25) is 0 Å². The van der Waals surface area contributed by atoms with Crippen molar-refractivity contribution in [1.82, 2.24) is 5.32 Å². The van der Waals surface area contributed by atoms with E-state index in [1.54, 1.807) is 0 Å². The predicted octanol–water partition coefficient (Wildman–Crippen LogP) is 3.48. The van der Waals surface area contributed by atoms with Crippen molar-refractivity contribution in [1.29, 1.82) is 0 Å². The van der Waals surface area contributed by atoms with Gasteiger partial charge in [-0.2, -0.15) is 0 Å². The molecule has 2 nitrogen and oxygen atoms in total. The van der Waals surface area contributed by atoms with Gasteiger partial charge >= 0.3 is 0 Å². The maximum atomic E-state index is 11.9. The van der Waals surface area contributed by atoms with Crippen LogP contribution in [0.1, 0.15) is 16.7 Å². The Bertz CT molecular complexity index is 554. The summed E-state index contributed by atoms with van der Waals surface area (Å²) in [7, 11) is 0. The molecule has 3 heteroatoms. The zero-order valence-corrected chi connectivity index (χ0v) is 12.9. The van der Waals surface area contributed by atoms with Gasteiger partial charge in [0, 0.05) is 11.9 Å². The molecule has 0 radical (unpaired) electrons. The van der Waals surface area contributed by atoms with Gasteiger partial charge in [0.15, 0.2) is 0 Å². The van der Waals surface area contributed by atoms with E-state index in [2.05, 4.69) is 33.4 Å². The largest absolute Gasteiger partial charge is 0.355 e. The first-order valence-electron chi connectivity index (χ1n) is 6.73. The summed E-state index contributed by atoms with van der Waals surface area (Å²) >= 11 is 3.45. The summed E-state index contributed by atoms with van der Waals surface area (Å²) in [5.41, 5.74) is 3.50. The fraction of sp³-hybridized carbons (Fsp3) is 0.235. The molecule has 0 unspecified atom stereocenters. The van der Waals surface area contributed by atoms with Gasteiger partial charge in [0.2, 0.25) is 5.91 Å². The Morgan fingerprint density at radius 1 is 0.950 bits per heavy atom. The van der Waals surface area contributed by atoms with Gasteiger partial charge in [-0.1, -0.05) is 70.5 Å². The number of carbonyl (C=O) groups excluding carboxylic acids is 1. The molecule has 0 aromatic heterocycles. The first kappa shape index (κ1) is 14.8. The van der Waals surface area contributed by atoms with Crippen molar-refractivity contribution < 1.29 is 4.79 Å². The Morgan fingerprint density at radius 2 is 1.60 bits per heavy atom. The van der Waals surface area contributed by atoms with Gasteiger partial charge in [-0.15, -0.1) is 0 Å². The monoisotopic (exact) mass is 331 g/mol. The number of nitrogens with one attached hydrogen (secondary N) is 1. The molecular formula is C17H18BrNO. The number of rotatable bonds is 6. The third-order valence-electron chi connectivity index (χ3n) is 3.19. The summed E-state index contributed by atoms with van der Waals surface area (Å²) in [5, 5.41) is 3.75. The molecule has 104 valence electrons. The molecule has 0 atom stereocenters. The zero-order chi connectivity index (χ0) is 14.2. The summed E-state index contributed by atoms with van der Waals surface area (Å²) in [5.74, 6) is 0.0781. The highest BCUT2D eigenvalue weighted by atomic mass is 79.9. The van der Waals surface area contributed by atoms with E-state index >= 15 is 0 Å². The summed E-state index contributed by atoms with van der Waals surface area (Å²) in [6, 6.07) is 18.2. The Morgan fingerprint density at radius 3 is 2.30 bits per heavy atom. The highest BCUT2D eigenvalue weighted by Crippen LogP contribution is 2.12. The molecule has 20 heavy (non-hydrogen) atoms. The minimum Gasteiger partial charge on any atom is -0.355 e. The van der Waals surface area contributed by atoms with Crippen LogP contribution in [0.15, 0.2) is 54.6 Å². The van der Waals surface area contributed by atoms with Crippen LogP contribution in [-0.4, -0.2) is 12.5 Å². The lowest BCUT2D eigenvalue weighted by atomic mass is 10.1. The second kappa shape index (κ2) is 7.85. The summed E-state index contributed by atoms with van der Waals surface area (Å²) < 4.78 is 0. The molecule has 0 heterocycles. The third kappa shape index (κ3) is 4.49. The predicted molar refractivity (Wildman–Crippen MR) is 85.9 cm³/mol. The fourth-order valence-electron chi connectivity index (χ4n) is 2.09. The van der Waals surface area contributed by atoms with E-state index in [4.69, 9.17) is 0 Å². The summed E-state index contributed by atoms with van der Waals surface area (Å²) in [6.45, 7) is 0.680. The number of hydrogen-bond donors (Lipinski definition) is 1. The van der Waals surface area contributed by atoms with Crippen LogP contribution >= 0.6 is 15.9 Å². The van der Waals surface area contributed by atoms with Crippen molar-refractivity contribution in [3.63, 3.8) is 0 Å². The molecule has 0 aliphatic carbocycles. The van der Waals surface area contributed by atoms with E-state index in [0.717, 1.165) is 17.3 Å². The molecule has 2 aromatic carbocycles. The number of halogens is 1. The van der Waals surface area contributed by atoms with Crippen LogP contribution in [0, 0.1) is 0 Å². The highest BCUT2D eigenvalue weighted by Gasteiger charge is 2.06. The fourth-order valence-corrected chi connectivity index (χ4v) is 2.63. The molecule has 0 saturated heterocycles. The average molecular weight is 332 g/mol. The zero-order valence-electron chi connectivity index (χ0n) is 11.3. The number of carbonyl (C=O) groups is 1. The van der Waals surface area contributed by atoms with E-state index in [1.165, 1.54) is 11.1 Å². The maximum absolute atomic E-state index is 11.9. The van der Waals surface area contributed by atoms with Gasteiger partial charge in [-0.05, 0) is 23.1 Å². The van der Waals surface area contributed by atoms with Crippen molar-refractivity contribution in [2.75, 3.05) is 6.54 Å². The minimum absolute atomic E-state index is 0.0781. The van der Waals surface area contributed by atoms with Crippen LogP contribution in [0.3, 0.4) is 0 Å². The first-order valence-corrected chi connectivity index (χ1v) is 7.85. The maximum Gasteiger partial charge on any atom is 0.224 e. The van der Waals surface area contributed by atoms with Gasteiger partial charge in [0.05, 0.1) is 6.42 Å². The molecule has 0 fully saturated rings. The number of benzene rings is 2. The lowest BCUT2D eigenvalue weighted by Gasteiger charge is -2.08. The van der Waals surface area contributed by atoms with E-state index in [-0.39, 0.29) is 5.91 Å². The van der Waals surface area contributed by atoms with Gasteiger partial charge in [0.1, 0.15) is 0 Å².